The van der Waals surface area contributed by atoms with E-state index in [1.165, 1.54) is 0 Å². The zero-order valence-corrected chi connectivity index (χ0v) is 14.2. The van der Waals surface area contributed by atoms with Crippen molar-refractivity contribution in [3.05, 3.63) is 42.0 Å². The molecule has 0 radical (unpaired) electrons. The van der Waals surface area contributed by atoms with Crippen molar-refractivity contribution in [2.75, 3.05) is 20.1 Å². The number of amides is 2. The fourth-order valence-corrected chi connectivity index (χ4v) is 3.01. The Hall–Kier alpha value is -2.14. The first-order chi connectivity index (χ1) is 11.5. The van der Waals surface area contributed by atoms with Crippen molar-refractivity contribution in [2.24, 2.45) is 0 Å². The maximum atomic E-state index is 12.3. The third-order valence-electron chi connectivity index (χ3n) is 4.31. The highest BCUT2D eigenvalue weighted by atomic mass is 16.3. The van der Waals surface area contributed by atoms with Gasteiger partial charge >= 0.3 is 0 Å². The van der Waals surface area contributed by atoms with Gasteiger partial charge in [0.1, 0.15) is 0 Å². The van der Waals surface area contributed by atoms with Gasteiger partial charge in [0.05, 0.1) is 12.0 Å². The minimum atomic E-state index is -1.10. The Kier molecular flexibility index (Phi) is 6.55. The number of hydrogen-bond acceptors (Lipinski definition) is 3. The summed E-state index contributed by atoms with van der Waals surface area (Å²) in [5, 5.41) is 13.1. The molecule has 5 nitrogen and oxygen atoms in total. The average Bonchev–Trinajstić information content (AvgIpc) is 2.59. The van der Waals surface area contributed by atoms with Gasteiger partial charge in [-0.25, -0.2) is 0 Å². The van der Waals surface area contributed by atoms with Crippen LogP contribution in [0.5, 0.6) is 0 Å². The number of benzene rings is 1. The molecule has 24 heavy (non-hydrogen) atoms. The molecular formula is C19H26N2O3. The molecule has 2 N–H and O–H groups in total. The average molecular weight is 330 g/mol. The lowest BCUT2D eigenvalue weighted by Crippen LogP contribution is -2.52. The molecule has 1 fully saturated rings. The summed E-state index contributed by atoms with van der Waals surface area (Å²) in [7, 11) is 1.55. The smallest absolute Gasteiger partial charge is 0.222 e. The first kappa shape index (κ1) is 18.2. The Morgan fingerprint density at radius 3 is 2.79 bits per heavy atom. The van der Waals surface area contributed by atoms with E-state index >= 15 is 0 Å². The van der Waals surface area contributed by atoms with Crippen molar-refractivity contribution in [3.8, 4) is 0 Å². The van der Waals surface area contributed by atoms with Crippen molar-refractivity contribution >= 4 is 17.9 Å². The van der Waals surface area contributed by atoms with Gasteiger partial charge in [0.15, 0.2) is 0 Å². The van der Waals surface area contributed by atoms with Gasteiger partial charge in [-0.2, -0.15) is 0 Å². The Morgan fingerprint density at radius 2 is 2.08 bits per heavy atom. The molecule has 0 spiro atoms. The summed E-state index contributed by atoms with van der Waals surface area (Å²) in [6.45, 7) is 0.888. The number of β-amino-alcohol motifs (C(OH)–C–C–N with tert-alkyl or cyclic N) is 1. The van der Waals surface area contributed by atoms with Crippen molar-refractivity contribution in [1.82, 2.24) is 10.2 Å². The Morgan fingerprint density at radius 1 is 1.33 bits per heavy atom. The van der Waals surface area contributed by atoms with Crippen LogP contribution in [0.15, 0.2) is 36.4 Å². The lowest BCUT2D eigenvalue weighted by atomic mass is 9.89. The summed E-state index contributed by atoms with van der Waals surface area (Å²) in [5.41, 5.74) is 0.0105. The van der Waals surface area contributed by atoms with Gasteiger partial charge in [-0.15, -0.1) is 0 Å². The quantitative estimate of drug-likeness (QED) is 0.838. The minimum absolute atomic E-state index is 0.0303. The molecule has 5 heteroatoms. The Labute approximate surface area is 143 Å². The third-order valence-corrected chi connectivity index (χ3v) is 4.31. The number of allylic oxidation sites excluding steroid dienone is 1. The van der Waals surface area contributed by atoms with Crippen molar-refractivity contribution in [3.63, 3.8) is 0 Å². The standard InChI is InChI=1S/C19H26N2O3/c1-20-17(22)14-19(24)12-7-13-21(15-19)18(23)11-6-5-10-16-8-3-2-4-9-16/h2-5,8-10,24H,6-7,11-15H2,1H3,(H,20,22)/b10-5+. The van der Waals surface area contributed by atoms with Crippen LogP contribution >= 0.6 is 0 Å². The molecule has 1 atom stereocenters. The summed E-state index contributed by atoms with van der Waals surface area (Å²) < 4.78 is 0. The van der Waals surface area contributed by atoms with Crippen molar-refractivity contribution in [1.29, 1.82) is 0 Å². The zero-order valence-electron chi connectivity index (χ0n) is 14.2. The number of hydrogen-bond donors (Lipinski definition) is 2. The van der Waals surface area contributed by atoms with E-state index in [-0.39, 0.29) is 24.8 Å². The lowest BCUT2D eigenvalue weighted by Gasteiger charge is -2.38. The molecule has 0 bridgehead atoms. The molecule has 1 saturated heterocycles. The summed E-state index contributed by atoms with van der Waals surface area (Å²) in [6, 6.07) is 9.96. The second-order valence-corrected chi connectivity index (χ2v) is 6.34. The SMILES string of the molecule is CNC(=O)CC1(O)CCCN(C(=O)CC/C=C/c2ccccc2)C1. The Bertz CT molecular complexity index is 586. The summed E-state index contributed by atoms with van der Waals surface area (Å²) in [4.78, 5) is 25.5. The van der Waals surface area contributed by atoms with Gasteiger partial charge in [-0.1, -0.05) is 42.5 Å². The monoisotopic (exact) mass is 330 g/mol. The maximum absolute atomic E-state index is 12.3. The van der Waals surface area contributed by atoms with E-state index < -0.39 is 5.60 Å². The maximum Gasteiger partial charge on any atom is 0.222 e. The molecule has 0 aliphatic carbocycles. The predicted molar refractivity (Wildman–Crippen MR) is 94.2 cm³/mol. The first-order valence-corrected chi connectivity index (χ1v) is 8.45. The van der Waals surface area contributed by atoms with Crippen LogP contribution in [0.3, 0.4) is 0 Å². The van der Waals surface area contributed by atoms with Gasteiger partial charge in [0.2, 0.25) is 11.8 Å². The topological polar surface area (TPSA) is 69.6 Å². The number of piperidine rings is 1. The minimum Gasteiger partial charge on any atom is -0.388 e. The van der Waals surface area contributed by atoms with Crippen LogP contribution in [-0.2, 0) is 9.59 Å². The molecule has 1 aromatic rings. The fourth-order valence-electron chi connectivity index (χ4n) is 3.01. The highest BCUT2D eigenvalue weighted by Gasteiger charge is 2.36. The van der Waals surface area contributed by atoms with Crippen LogP contribution in [0.4, 0.5) is 0 Å². The molecular weight excluding hydrogens is 304 g/mol. The van der Waals surface area contributed by atoms with Gasteiger partial charge in [-0.3, -0.25) is 9.59 Å². The largest absolute Gasteiger partial charge is 0.388 e. The lowest BCUT2D eigenvalue weighted by molar-refractivity contribution is -0.142. The molecule has 1 unspecified atom stereocenters. The number of aliphatic hydroxyl groups is 1. The van der Waals surface area contributed by atoms with E-state index in [1.807, 2.05) is 42.5 Å². The number of carbonyl (C=O) groups excluding carboxylic acids is 2. The van der Waals surface area contributed by atoms with E-state index in [4.69, 9.17) is 0 Å². The number of nitrogens with one attached hydrogen (secondary N) is 1. The van der Waals surface area contributed by atoms with Gasteiger partial charge in [0, 0.05) is 26.6 Å². The number of likely N-dealkylation sites (tertiary alicyclic amines) is 1. The second-order valence-electron chi connectivity index (χ2n) is 6.34. The predicted octanol–water partition coefficient (Wildman–Crippen LogP) is 1.97. The van der Waals surface area contributed by atoms with Crippen LogP contribution in [0.2, 0.25) is 0 Å². The van der Waals surface area contributed by atoms with Crippen LogP contribution in [0.1, 0.15) is 37.7 Å². The van der Waals surface area contributed by atoms with Crippen molar-refractivity contribution < 1.29 is 14.7 Å². The van der Waals surface area contributed by atoms with Gasteiger partial charge in [-0.05, 0) is 24.8 Å². The summed E-state index contributed by atoms with van der Waals surface area (Å²) >= 11 is 0. The normalized spacial score (nSPS) is 21.0. The van der Waals surface area contributed by atoms with Crippen LogP contribution in [-0.4, -0.2) is 47.6 Å². The number of nitrogens with zero attached hydrogens (tertiary/aromatic N) is 1. The summed E-state index contributed by atoms with van der Waals surface area (Å²) in [5.74, 6) is -0.166. The fraction of sp³-hybridized carbons (Fsp3) is 0.474. The number of carbonyl (C=O) groups is 2. The third kappa shape index (κ3) is 5.49. The zero-order chi connectivity index (χ0) is 17.4. The molecule has 0 aromatic heterocycles. The summed E-state index contributed by atoms with van der Waals surface area (Å²) in [6.07, 6.45) is 6.40. The van der Waals surface area contributed by atoms with Crippen LogP contribution in [0.25, 0.3) is 6.08 Å². The highest BCUT2D eigenvalue weighted by Crippen LogP contribution is 2.25. The molecule has 1 aliphatic heterocycles. The first-order valence-electron chi connectivity index (χ1n) is 8.45. The van der Waals surface area contributed by atoms with E-state index in [0.717, 1.165) is 12.0 Å². The van der Waals surface area contributed by atoms with E-state index in [2.05, 4.69) is 5.32 Å². The van der Waals surface area contributed by atoms with Crippen molar-refractivity contribution in [2.45, 2.75) is 37.7 Å². The molecule has 1 aliphatic rings. The second kappa shape index (κ2) is 8.64. The van der Waals surface area contributed by atoms with Gasteiger partial charge in [0.25, 0.3) is 0 Å². The van der Waals surface area contributed by atoms with Gasteiger partial charge < -0.3 is 15.3 Å². The molecule has 0 saturated carbocycles. The molecule has 1 aromatic carbocycles. The molecule has 2 amide bonds. The Balaban J connectivity index is 1.81. The molecule has 130 valence electrons. The molecule has 2 rings (SSSR count). The van der Waals surface area contributed by atoms with E-state index in [1.54, 1.807) is 11.9 Å². The number of rotatable bonds is 6. The van der Waals surface area contributed by atoms with E-state index in [9.17, 15) is 14.7 Å². The van der Waals surface area contributed by atoms with Crippen LogP contribution < -0.4 is 5.32 Å². The molecule has 1 heterocycles. The van der Waals surface area contributed by atoms with E-state index in [0.29, 0.717) is 25.8 Å². The highest BCUT2D eigenvalue weighted by molar-refractivity contribution is 5.78. The van der Waals surface area contributed by atoms with Crippen LogP contribution in [0, 0.1) is 0 Å².